The smallest absolute Gasteiger partial charge is 0.137 e. The van der Waals surface area contributed by atoms with E-state index in [0.717, 1.165) is 29.7 Å². The number of quaternary nitrogens is 1. The van der Waals surface area contributed by atoms with E-state index >= 15 is 0 Å². The highest BCUT2D eigenvalue weighted by atomic mass is 16.5. The highest BCUT2D eigenvalue weighted by molar-refractivity contribution is 5.31. The summed E-state index contributed by atoms with van der Waals surface area (Å²) in [5, 5.41) is 10.4. The molecule has 1 aliphatic rings. The van der Waals surface area contributed by atoms with Gasteiger partial charge >= 0.3 is 0 Å². The summed E-state index contributed by atoms with van der Waals surface area (Å²) in [5.41, 5.74) is 1.79. The summed E-state index contributed by atoms with van der Waals surface area (Å²) in [6, 6.07) is 8.45. The first-order chi connectivity index (χ1) is 12.1. The Balaban J connectivity index is 1.89. The second kappa shape index (κ2) is 8.31. The molecule has 1 saturated heterocycles. The highest BCUT2D eigenvalue weighted by Gasteiger charge is 2.32. The maximum Gasteiger partial charge on any atom is 0.137 e. The average Bonchev–Trinajstić information content (AvgIpc) is 3.00. The zero-order valence-electron chi connectivity index (χ0n) is 17.8. The third kappa shape index (κ3) is 5.99. The largest absolute Gasteiger partial charge is 0.491 e. The van der Waals surface area contributed by atoms with Gasteiger partial charge in [-0.25, -0.2) is 0 Å². The van der Waals surface area contributed by atoms with Crippen LogP contribution in [0, 0.1) is 5.41 Å². The Bertz CT molecular complexity index is 551. The molecular formula is C23H40NO2+. The number of nitrogens with zero attached hydrogens (tertiary/aromatic N) is 1. The fourth-order valence-electron chi connectivity index (χ4n) is 4.76. The van der Waals surface area contributed by atoms with Gasteiger partial charge in [-0.05, 0) is 41.9 Å². The van der Waals surface area contributed by atoms with Gasteiger partial charge in [0.05, 0.1) is 19.6 Å². The summed E-state index contributed by atoms with van der Waals surface area (Å²) < 4.78 is 6.92. The molecule has 1 aromatic rings. The van der Waals surface area contributed by atoms with Gasteiger partial charge in [0.1, 0.15) is 25.0 Å². The van der Waals surface area contributed by atoms with Crippen molar-refractivity contribution < 1.29 is 14.3 Å². The van der Waals surface area contributed by atoms with Crippen LogP contribution in [0.25, 0.3) is 0 Å². The van der Waals surface area contributed by atoms with Crippen LogP contribution in [0.15, 0.2) is 24.3 Å². The lowest BCUT2D eigenvalue weighted by Crippen LogP contribution is -2.50. The summed E-state index contributed by atoms with van der Waals surface area (Å²) >= 11 is 0. The number of likely N-dealkylation sites (tertiary alicyclic amines) is 1. The van der Waals surface area contributed by atoms with Gasteiger partial charge in [0.25, 0.3) is 0 Å². The Kier molecular flexibility index (Phi) is 6.79. The van der Waals surface area contributed by atoms with Crippen LogP contribution in [0.4, 0.5) is 0 Å². The zero-order chi connectivity index (χ0) is 19.4. The van der Waals surface area contributed by atoms with Gasteiger partial charge in [-0.2, -0.15) is 0 Å². The molecule has 3 nitrogen and oxygen atoms in total. The quantitative estimate of drug-likeness (QED) is 0.675. The Morgan fingerprint density at radius 3 is 2.12 bits per heavy atom. The minimum Gasteiger partial charge on any atom is -0.491 e. The Morgan fingerprint density at radius 2 is 1.62 bits per heavy atom. The molecule has 1 N–H and O–H groups in total. The molecule has 1 fully saturated rings. The molecule has 0 amide bonds. The van der Waals surface area contributed by atoms with Crippen molar-refractivity contribution in [2.45, 2.75) is 72.3 Å². The number of aliphatic hydroxyl groups is 1. The third-order valence-corrected chi connectivity index (χ3v) is 5.83. The number of rotatable bonds is 8. The number of hydrogen-bond donors (Lipinski definition) is 1. The number of benzene rings is 1. The van der Waals surface area contributed by atoms with Crippen molar-refractivity contribution >= 4 is 0 Å². The highest BCUT2D eigenvalue weighted by Crippen LogP contribution is 2.36. The van der Waals surface area contributed by atoms with Crippen molar-refractivity contribution in [3.63, 3.8) is 0 Å². The van der Waals surface area contributed by atoms with Crippen LogP contribution in [0.1, 0.15) is 66.4 Å². The number of hydrogen-bond acceptors (Lipinski definition) is 2. The Hall–Kier alpha value is -1.06. The van der Waals surface area contributed by atoms with Crippen molar-refractivity contribution in [1.82, 2.24) is 0 Å². The van der Waals surface area contributed by atoms with Gasteiger partial charge in [0.15, 0.2) is 0 Å². The van der Waals surface area contributed by atoms with E-state index in [-0.39, 0.29) is 5.41 Å². The predicted molar refractivity (Wildman–Crippen MR) is 110 cm³/mol. The van der Waals surface area contributed by atoms with E-state index in [1.165, 1.54) is 31.5 Å². The fourth-order valence-corrected chi connectivity index (χ4v) is 4.76. The van der Waals surface area contributed by atoms with Crippen LogP contribution < -0.4 is 4.74 Å². The normalized spacial score (nSPS) is 18.7. The van der Waals surface area contributed by atoms with E-state index in [2.05, 4.69) is 53.7 Å². The molecule has 0 aromatic heterocycles. The first kappa shape index (κ1) is 21.2. The van der Waals surface area contributed by atoms with E-state index in [0.29, 0.717) is 12.0 Å². The van der Waals surface area contributed by atoms with Crippen LogP contribution in [-0.4, -0.2) is 48.5 Å². The summed E-state index contributed by atoms with van der Waals surface area (Å²) in [4.78, 5) is 0. The van der Waals surface area contributed by atoms with E-state index < -0.39 is 6.10 Å². The molecule has 0 spiro atoms. The Morgan fingerprint density at radius 1 is 1.04 bits per heavy atom. The summed E-state index contributed by atoms with van der Waals surface area (Å²) in [6.45, 7) is 18.4. The van der Waals surface area contributed by atoms with Gasteiger partial charge in [0.2, 0.25) is 0 Å². The monoisotopic (exact) mass is 362 g/mol. The molecule has 1 aromatic carbocycles. The molecule has 0 saturated carbocycles. The van der Waals surface area contributed by atoms with Crippen LogP contribution in [0.5, 0.6) is 5.75 Å². The summed E-state index contributed by atoms with van der Waals surface area (Å²) in [7, 11) is 0. The zero-order valence-corrected chi connectivity index (χ0v) is 17.8. The fraction of sp³-hybridized carbons (Fsp3) is 0.739. The minimum absolute atomic E-state index is 0.143. The van der Waals surface area contributed by atoms with Crippen LogP contribution in [-0.2, 0) is 5.41 Å². The molecule has 0 bridgehead atoms. The molecule has 26 heavy (non-hydrogen) atoms. The second-order valence-electron chi connectivity index (χ2n) is 10.1. The van der Waals surface area contributed by atoms with Crippen molar-refractivity contribution in [2.75, 3.05) is 32.8 Å². The standard InChI is InChI=1S/C23H40NO2/c1-7-24(14-8-9-15-24)16-20(25)17-26-21-12-10-19(11-13-21)23(5,6)18-22(2,3)4/h10-13,20,25H,7-9,14-18H2,1-6H3/q+1. The van der Waals surface area contributed by atoms with Crippen molar-refractivity contribution in [3.8, 4) is 5.75 Å². The van der Waals surface area contributed by atoms with E-state index in [1.54, 1.807) is 0 Å². The van der Waals surface area contributed by atoms with Crippen molar-refractivity contribution in [3.05, 3.63) is 29.8 Å². The number of aliphatic hydroxyl groups excluding tert-OH is 1. The molecule has 3 heteroatoms. The van der Waals surface area contributed by atoms with Gasteiger partial charge < -0.3 is 14.3 Å². The van der Waals surface area contributed by atoms with Gasteiger partial charge in [-0.15, -0.1) is 0 Å². The van der Waals surface area contributed by atoms with Crippen LogP contribution in [0.2, 0.25) is 0 Å². The molecule has 1 atom stereocenters. The average molecular weight is 363 g/mol. The molecule has 1 aliphatic heterocycles. The molecule has 0 aliphatic carbocycles. The maximum atomic E-state index is 10.4. The lowest BCUT2D eigenvalue weighted by molar-refractivity contribution is -0.917. The summed E-state index contributed by atoms with van der Waals surface area (Å²) in [6.07, 6.45) is 3.31. The summed E-state index contributed by atoms with van der Waals surface area (Å²) in [5.74, 6) is 0.851. The molecular weight excluding hydrogens is 322 g/mol. The first-order valence-electron chi connectivity index (χ1n) is 10.3. The minimum atomic E-state index is -0.398. The van der Waals surface area contributed by atoms with Crippen molar-refractivity contribution in [1.29, 1.82) is 0 Å². The van der Waals surface area contributed by atoms with E-state index in [1.807, 2.05) is 12.1 Å². The third-order valence-electron chi connectivity index (χ3n) is 5.83. The number of likely N-dealkylation sites (N-methyl/N-ethyl adjacent to an activating group) is 1. The topological polar surface area (TPSA) is 29.5 Å². The predicted octanol–water partition coefficient (Wildman–Crippen LogP) is 4.77. The number of ether oxygens (including phenoxy) is 1. The Labute approximate surface area is 161 Å². The van der Waals surface area contributed by atoms with E-state index in [9.17, 15) is 5.11 Å². The second-order valence-corrected chi connectivity index (χ2v) is 10.1. The van der Waals surface area contributed by atoms with Crippen LogP contribution in [0.3, 0.4) is 0 Å². The molecule has 2 rings (SSSR count). The molecule has 0 radical (unpaired) electrons. The van der Waals surface area contributed by atoms with Gasteiger partial charge in [0, 0.05) is 12.8 Å². The lowest BCUT2D eigenvalue weighted by atomic mass is 9.72. The molecule has 1 unspecified atom stereocenters. The van der Waals surface area contributed by atoms with Crippen LogP contribution >= 0.6 is 0 Å². The molecule has 148 valence electrons. The lowest BCUT2D eigenvalue weighted by Gasteiger charge is -2.34. The maximum absolute atomic E-state index is 10.4. The van der Waals surface area contributed by atoms with E-state index in [4.69, 9.17) is 4.74 Å². The van der Waals surface area contributed by atoms with Gasteiger partial charge in [-0.3, -0.25) is 0 Å². The van der Waals surface area contributed by atoms with Gasteiger partial charge in [-0.1, -0.05) is 46.8 Å². The molecule has 1 heterocycles. The SMILES string of the molecule is CC[N+]1(CC(O)COc2ccc(C(C)(C)CC(C)(C)C)cc2)CCCC1. The first-order valence-corrected chi connectivity index (χ1v) is 10.3. The van der Waals surface area contributed by atoms with Crippen molar-refractivity contribution in [2.24, 2.45) is 5.41 Å².